The minimum absolute atomic E-state index is 0.202. The van der Waals surface area contributed by atoms with Crippen LogP contribution in [0.25, 0.3) is 0 Å². The fourth-order valence-corrected chi connectivity index (χ4v) is 2.43. The molecular formula is C13H18ClFN2O. The van der Waals surface area contributed by atoms with Crippen LogP contribution < -0.4 is 10.5 Å². The monoisotopic (exact) mass is 272 g/mol. The number of rotatable bonds is 5. The average Bonchev–Trinajstić information content (AvgIpc) is 2.86. The van der Waals surface area contributed by atoms with E-state index in [2.05, 4.69) is 4.90 Å². The summed E-state index contributed by atoms with van der Waals surface area (Å²) in [6, 6.07) is 4.35. The van der Waals surface area contributed by atoms with E-state index in [0.717, 1.165) is 13.1 Å². The van der Waals surface area contributed by atoms with Crippen molar-refractivity contribution < 1.29 is 9.13 Å². The van der Waals surface area contributed by atoms with Crippen molar-refractivity contribution >= 4 is 11.6 Å². The second-order valence-electron chi connectivity index (χ2n) is 4.52. The Hall–Kier alpha value is -0.840. The Labute approximate surface area is 112 Å². The van der Waals surface area contributed by atoms with Gasteiger partial charge in [-0.1, -0.05) is 11.6 Å². The number of likely N-dealkylation sites (tertiary alicyclic amines) is 1. The van der Waals surface area contributed by atoms with Crippen LogP contribution in [0.3, 0.4) is 0 Å². The summed E-state index contributed by atoms with van der Waals surface area (Å²) in [5.74, 6) is 0.151. The highest BCUT2D eigenvalue weighted by Crippen LogP contribution is 2.25. The number of halogens is 2. The molecule has 0 aromatic heterocycles. The summed E-state index contributed by atoms with van der Waals surface area (Å²) in [6.07, 6.45) is 2.43. The molecule has 18 heavy (non-hydrogen) atoms. The standard InChI is InChI=1S/C13H18ClFN2O/c14-12-7-10(15)3-4-13(12)18-9-11(8-16)17-5-1-2-6-17/h3-4,7,11H,1-2,5-6,8-9,16H2. The molecular weight excluding hydrogens is 255 g/mol. The molecule has 1 fully saturated rings. The maximum Gasteiger partial charge on any atom is 0.138 e. The Morgan fingerprint density at radius 3 is 2.72 bits per heavy atom. The third-order valence-corrected chi connectivity index (χ3v) is 3.55. The number of benzene rings is 1. The maximum absolute atomic E-state index is 12.9. The number of nitrogens with zero attached hydrogens (tertiary/aromatic N) is 1. The van der Waals surface area contributed by atoms with E-state index in [0.29, 0.717) is 23.9 Å². The topological polar surface area (TPSA) is 38.5 Å². The normalized spacial score (nSPS) is 17.9. The zero-order valence-electron chi connectivity index (χ0n) is 10.2. The van der Waals surface area contributed by atoms with E-state index in [4.69, 9.17) is 22.1 Å². The van der Waals surface area contributed by atoms with Crippen molar-refractivity contribution in [1.29, 1.82) is 0 Å². The largest absolute Gasteiger partial charge is 0.490 e. The first-order valence-electron chi connectivity index (χ1n) is 6.22. The fourth-order valence-electron chi connectivity index (χ4n) is 2.21. The Kier molecular flexibility index (Phi) is 4.80. The van der Waals surface area contributed by atoms with Crippen molar-refractivity contribution in [3.8, 4) is 5.75 Å². The van der Waals surface area contributed by atoms with Gasteiger partial charge in [-0.05, 0) is 44.1 Å². The summed E-state index contributed by atoms with van der Waals surface area (Å²) >= 11 is 5.91. The molecule has 1 atom stereocenters. The van der Waals surface area contributed by atoms with Crippen molar-refractivity contribution in [1.82, 2.24) is 4.90 Å². The van der Waals surface area contributed by atoms with Gasteiger partial charge in [-0.15, -0.1) is 0 Å². The van der Waals surface area contributed by atoms with E-state index in [1.807, 2.05) is 0 Å². The molecule has 5 heteroatoms. The van der Waals surface area contributed by atoms with Gasteiger partial charge in [0.1, 0.15) is 18.2 Å². The molecule has 0 spiro atoms. The molecule has 1 saturated heterocycles. The molecule has 2 rings (SSSR count). The van der Waals surface area contributed by atoms with E-state index in [9.17, 15) is 4.39 Å². The summed E-state index contributed by atoms with van der Waals surface area (Å²) < 4.78 is 18.5. The summed E-state index contributed by atoms with van der Waals surface area (Å²) in [7, 11) is 0. The summed E-state index contributed by atoms with van der Waals surface area (Å²) in [4.78, 5) is 2.33. The van der Waals surface area contributed by atoms with Crippen molar-refractivity contribution in [2.75, 3.05) is 26.2 Å². The molecule has 0 bridgehead atoms. The summed E-state index contributed by atoms with van der Waals surface area (Å²) in [5.41, 5.74) is 5.76. The molecule has 1 aliphatic heterocycles. The van der Waals surface area contributed by atoms with Crippen LogP contribution in [-0.4, -0.2) is 37.2 Å². The van der Waals surface area contributed by atoms with Gasteiger partial charge in [0.15, 0.2) is 0 Å². The third kappa shape index (κ3) is 3.34. The van der Waals surface area contributed by atoms with Crippen LogP contribution in [0.15, 0.2) is 18.2 Å². The SMILES string of the molecule is NCC(COc1ccc(F)cc1Cl)N1CCCC1. The minimum atomic E-state index is -0.359. The highest BCUT2D eigenvalue weighted by atomic mass is 35.5. The molecule has 1 unspecified atom stereocenters. The van der Waals surface area contributed by atoms with Crippen LogP contribution in [0.4, 0.5) is 4.39 Å². The number of hydrogen-bond acceptors (Lipinski definition) is 3. The predicted octanol–water partition coefficient (Wildman–Crippen LogP) is 2.28. The van der Waals surface area contributed by atoms with Gasteiger partial charge in [0.25, 0.3) is 0 Å². The second kappa shape index (κ2) is 6.36. The Bertz CT molecular complexity index is 397. The van der Waals surface area contributed by atoms with E-state index >= 15 is 0 Å². The summed E-state index contributed by atoms with van der Waals surface area (Å²) in [6.45, 7) is 3.19. The lowest BCUT2D eigenvalue weighted by atomic mass is 10.2. The predicted molar refractivity (Wildman–Crippen MR) is 70.6 cm³/mol. The average molecular weight is 273 g/mol. The van der Waals surface area contributed by atoms with Gasteiger partial charge in [-0.2, -0.15) is 0 Å². The highest BCUT2D eigenvalue weighted by Gasteiger charge is 2.21. The van der Waals surface area contributed by atoms with E-state index in [1.165, 1.54) is 25.0 Å². The molecule has 100 valence electrons. The van der Waals surface area contributed by atoms with Gasteiger partial charge in [-0.3, -0.25) is 4.90 Å². The zero-order valence-corrected chi connectivity index (χ0v) is 11.0. The smallest absolute Gasteiger partial charge is 0.138 e. The lowest BCUT2D eigenvalue weighted by Crippen LogP contribution is -2.42. The molecule has 2 N–H and O–H groups in total. The molecule has 0 aliphatic carbocycles. The first-order chi connectivity index (χ1) is 8.70. The Balaban J connectivity index is 1.92. The lowest BCUT2D eigenvalue weighted by Gasteiger charge is -2.26. The van der Waals surface area contributed by atoms with Gasteiger partial charge in [0.2, 0.25) is 0 Å². The van der Waals surface area contributed by atoms with Crippen LogP contribution in [0.5, 0.6) is 5.75 Å². The first kappa shape index (κ1) is 13.6. The summed E-state index contributed by atoms with van der Waals surface area (Å²) in [5, 5.41) is 0.298. The third-order valence-electron chi connectivity index (χ3n) is 3.25. The molecule has 0 amide bonds. The molecule has 0 saturated carbocycles. The first-order valence-corrected chi connectivity index (χ1v) is 6.60. The molecule has 1 aromatic carbocycles. The van der Waals surface area contributed by atoms with E-state index < -0.39 is 0 Å². The van der Waals surface area contributed by atoms with Crippen LogP contribution in [-0.2, 0) is 0 Å². The van der Waals surface area contributed by atoms with Crippen LogP contribution in [0.2, 0.25) is 5.02 Å². The minimum Gasteiger partial charge on any atom is -0.490 e. The second-order valence-corrected chi connectivity index (χ2v) is 4.93. The molecule has 1 heterocycles. The molecule has 1 aliphatic rings. The molecule has 3 nitrogen and oxygen atoms in total. The van der Waals surface area contributed by atoms with Crippen molar-refractivity contribution in [3.05, 3.63) is 29.0 Å². The van der Waals surface area contributed by atoms with Crippen molar-refractivity contribution in [2.24, 2.45) is 5.73 Å². The highest BCUT2D eigenvalue weighted by molar-refractivity contribution is 6.32. The Morgan fingerprint density at radius 2 is 2.11 bits per heavy atom. The van der Waals surface area contributed by atoms with Crippen molar-refractivity contribution in [2.45, 2.75) is 18.9 Å². The molecule has 0 radical (unpaired) electrons. The van der Waals surface area contributed by atoms with E-state index in [-0.39, 0.29) is 11.9 Å². The maximum atomic E-state index is 12.9. The van der Waals surface area contributed by atoms with Crippen LogP contribution in [0, 0.1) is 5.82 Å². The van der Waals surface area contributed by atoms with Gasteiger partial charge in [-0.25, -0.2) is 4.39 Å². The van der Waals surface area contributed by atoms with Crippen molar-refractivity contribution in [3.63, 3.8) is 0 Å². The zero-order chi connectivity index (χ0) is 13.0. The quantitative estimate of drug-likeness (QED) is 0.894. The Morgan fingerprint density at radius 1 is 1.39 bits per heavy atom. The van der Waals surface area contributed by atoms with Crippen LogP contribution in [0.1, 0.15) is 12.8 Å². The van der Waals surface area contributed by atoms with Gasteiger partial charge in [0.05, 0.1) is 11.1 Å². The number of hydrogen-bond donors (Lipinski definition) is 1. The fraction of sp³-hybridized carbons (Fsp3) is 0.538. The van der Waals surface area contributed by atoms with Gasteiger partial charge >= 0.3 is 0 Å². The lowest BCUT2D eigenvalue weighted by molar-refractivity contribution is 0.165. The van der Waals surface area contributed by atoms with Gasteiger partial charge in [0, 0.05) is 6.54 Å². The van der Waals surface area contributed by atoms with Gasteiger partial charge < -0.3 is 10.5 Å². The van der Waals surface area contributed by atoms with Crippen LogP contribution >= 0.6 is 11.6 Å². The number of nitrogens with two attached hydrogens (primary N) is 1. The molecule has 1 aromatic rings. The van der Waals surface area contributed by atoms with E-state index in [1.54, 1.807) is 6.07 Å². The number of ether oxygens (including phenoxy) is 1.